The van der Waals surface area contributed by atoms with E-state index in [-0.39, 0.29) is 11.6 Å². The van der Waals surface area contributed by atoms with Crippen LogP contribution in [-0.2, 0) is 18.8 Å². The molecule has 0 saturated carbocycles. The van der Waals surface area contributed by atoms with Gasteiger partial charge in [0.15, 0.2) is 16.7 Å². The van der Waals surface area contributed by atoms with Gasteiger partial charge in [0.2, 0.25) is 0 Å². The molecule has 1 aromatic heterocycles. The molecule has 2 aromatic carbocycles. The van der Waals surface area contributed by atoms with Crippen LogP contribution in [-0.4, -0.2) is 39.9 Å². The monoisotopic (exact) mass is 426 g/mol. The molecule has 1 aliphatic heterocycles. The van der Waals surface area contributed by atoms with Crippen molar-refractivity contribution >= 4 is 11.8 Å². The fourth-order valence-electron chi connectivity index (χ4n) is 3.73. The van der Waals surface area contributed by atoms with Gasteiger partial charge in [-0.3, -0.25) is 4.90 Å². The van der Waals surface area contributed by atoms with E-state index in [4.69, 9.17) is 4.74 Å². The summed E-state index contributed by atoms with van der Waals surface area (Å²) in [7, 11) is 1.47. The second-order valence-corrected chi connectivity index (χ2v) is 8.51. The molecule has 0 radical (unpaired) electrons. The van der Waals surface area contributed by atoms with Crippen LogP contribution in [0.3, 0.4) is 0 Å². The van der Waals surface area contributed by atoms with Crippen LogP contribution in [0.2, 0.25) is 0 Å². The van der Waals surface area contributed by atoms with Gasteiger partial charge in [0.1, 0.15) is 5.82 Å². The van der Waals surface area contributed by atoms with E-state index in [1.165, 1.54) is 38.0 Å². The molecule has 0 atom stereocenters. The fourth-order valence-corrected chi connectivity index (χ4v) is 4.63. The lowest BCUT2D eigenvalue weighted by molar-refractivity contribution is 0.213. The number of halogens is 1. The molecule has 1 saturated heterocycles. The maximum atomic E-state index is 14.0. The number of benzene rings is 2. The number of likely N-dealkylation sites (tertiary alicyclic amines) is 1. The SMILES string of the molecule is COc1ccc(CSc2nnc(CN3CCCCC3)n2Cc2ccccc2)cc1F. The highest BCUT2D eigenvalue weighted by Gasteiger charge is 2.18. The summed E-state index contributed by atoms with van der Waals surface area (Å²) in [5.74, 6) is 1.54. The predicted octanol–water partition coefficient (Wildman–Crippen LogP) is 4.75. The van der Waals surface area contributed by atoms with Crippen molar-refractivity contribution in [2.45, 2.75) is 43.3 Å². The fraction of sp³-hybridized carbons (Fsp3) is 0.391. The van der Waals surface area contributed by atoms with E-state index >= 15 is 0 Å². The molecule has 3 aromatic rings. The first-order valence-corrected chi connectivity index (χ1v) is 11.3. The average Bonchev–Trinajstić information content (AvgIpc) is 3.15. The zero-order valence-corrected chi connectivity index (χ0v) is 18.1. The van der Waals surface area contributed by atoms with Gasteiger partial charge in [0.25, 0.3) is 0 Å². The molecule has 0 bridgehead atoms. The number of hydrogen-bond donors (Lipinski definition) is 0. The Morgan fingerprint density at radius 2 is 1.77 bits per heavy atom. The Hall–Kier alpha value is -2.38. The summed E-state index contributed by atoms with van der Waals surface area (Å²) < 4.78 is 21.2. The largest absolute Gasteiger partial charge is 0.494 e. The molecule has 158 valence electrons. The molecule has 0 unspecified atom stereocenters. The van der Waals surface area contributed by atoms with Crippen LogP contribution < -0.4 is 4.74 Å². The molecular formula is C23H27FN4OS. The molecule has 1 fully saturated rings. The van der Waals surface area contributed by atoms with Crippen molar-refractivity contribution in [1.82, 2.24) is 19.7 Å². The van der Waals surface area contributed by atoms with Gasteiger partial charge in [0.05, 0.1) is 20.2 Å². The molecular weight excluding hydrogens is 399 g/mol. The number of rotatable bonds is 8. The molecule has 7 heteroatoms. The highest BCUT2D eigenvalue weighted by molar-refractivity contribution is 7.98. The van der Waals surface area contributed by atoms with Crippen LogP contribution in [0.25, 0.3) is 0 Å². The second kappa shape index (κ2) is 10.1. The van der Waals surface area contributed by atoms with Gasteiger partial charge in [0, 0.05) is 5.75 Å². The van der Waals surface area contributed by atoms with Crippen molar-refractivity contribution in [3.8, 4) is 5.75 Å². The van der Waals surface area contributed by atoms with Crippen molar-refractivity contribution in [2.75, 3.05) is 20.2 Å². The van der Waals surface area contributed by atoms with Gasteiger partial charge in [-0.05, 0) is 49.2 Å². The minimum Gasteiger partial charge on any atom is -0.494 e. The molecule has 0 spiro atoms. The Balaban J connectivity index is 1.52. The normalized spacial score (nSPS) is 14.7. The first kappa shape index (κ1) is 20.9. The van der Waals surface area contributed by atoms with Gasteiger partial charge in [-0.2, -0.15) is 0 Å². The van der Waals surface area contributed by atoms with Crippen LogP contribution in [0.5, 0.6) is 5.75 Å². The summed E-state index contributed by atoms with van der Waals surface area (Å²) in [6.45, 7) is 3.78. The zero-order chi connectivity index (χ0) is 20.8. The highest BCUT2D eigenvalue weighted by Crippen LogP contribution is 2.26. The van der Waals surface area contributed by atoms with E-state index in [1.54, 1.807) is 17.8 Å². The third-order valence-corrected chi connectivity index (χ3v) is 6.41. The van der Waals surface area contributed by atoms with E-state index < -0.39 is 0 Å². The molecule has 0 aliphatic carbocycles. The zero-order valence-electron chi connectivity index (χ0n) is 17.3. The van der Waals surface area contributed by atoms with Crippen LogP contribution in [0.4, 0.5) is 4.39 Å². The first-order chi connectivity index (χ1) is 14.7. The van der Waals surface area contributed by atoms with Crippen molar-refractivity contribution in [1.29, 1.82) is 0 Å². The molecule has 0 N–H and O–H groups in total. The van der Waals surface area contributed by atoms with E-state index in [0.29, 0.717) is 5.75 Å². The summed E-state index contributed by atoms with van der Waals surface area (Å²) >= 11 is 1.59. The lowest BCUT2D eigenvalue weighted by atomic mass is 10.1. The van der Waals surface area contributed by atoms with E-state index in [9.17, 15) is 4.39 Å². The van der Waals surface area contributed by atoms with Crippen LogP contribution in [0, 0.1) is 5.82 Å². The maximum absolute atomic E-state index is 14.0. The minimum atomic E-state index is -0.341. The first-order valence-electron chi connectivity index (χ1n) is 10.4. The van der Waals surface area contributed by atoms with Crippen LogP contribution in [0.1, 0.15) is 36.2 Å². The molecule has 2 heterocycles. The van der Waals surface area contributed by atoms with Gasteiger partial charge in [-0.25, -0.2) is 4.39 Å². The molecule has 5 nitrogen and oxygen atoms in total. The molecule has 1 aliphatic rings. The molecule has 30 heavy (non-hydrogen) atoms. The minimum absolute atomic E-state index is 0.264. The van der Waals surface area contributed by atoms with E-state index in [0.717, 1.165) is 42.7 Å². The summed E-state index contributed by atoms with van der Waals surface area (Å²) in [5, 5.41) is 9.86. The summed E-state index contributed by atoms with van der Waals surface area (Å²) in [6, 6.07) is 15.5. The summed E-state index contributed by atoms with van der Waals surface area (Å²) in [5.41, 5.74) is 2.11. The van der Waals surface area contributed by atoms with Crippen LogP contribution >= 0.6 is 11.8 Å². The molecule has 4 rings (SSSR count). The van der Waals surface area contributed by atoms with Gasteiger partial charge < -0.3 is 9.30 Å². The average molecular weight is 427 g/mol. The topological polar surface area (TPSA) is 43.2 Å². The van der Waals surface area contributed by atoms with Gasteiger partial charge in [-0.15, -0.1) is 10.2 Å². The lowest BCUT2D eigenvalue weighted by Gasteiger charge is -2.26. The Kier molecular flexibility index (Phi) is 7.02. The number of thioether (sulfide) groups is 1. The van der Waals surface area contributed by atoms with Crippen molar-refractivity contribution < 1.29 is 9.13 Å². The van der Waals surface area contributed by atoms with Crippen molar-refractivity contribution in [3.63, 3.8) is 0 Å². The van der Waals surface area contributed by atoms with Crippen LogP contribution in [0.15, 0.2) is 53.7 Å². The smallest absolute Gasteiger partial charge is 0.191 e. The third kappa shape index (κ3) is 5.21. The number of hydrogen-bond acceptors (Lipinski definition) is 5. The number of nitrogens with zero attached hydrogens (tertiary/aromatic N) is 4. The molecule has 0 amide bonds. The van der Waals surface area contributed by atoms with E-state index in [1.807, 2.05) is 12.1 Å². The number of ether oxygens (including phenoxy) is 1. The number of piperidine rings is 1. The van der Waals surface area contributed by atoms with Crippen molar-refractivity contribution in [3.05, 3.63) is 71.3 Å². The van der Waals surface area contributed by atoms with Crippen molar-refractivity contribution in [2.24, 2.45) is 0 Å². The number of methoxy groups -OCH3 is 1. The summed E-state index contributed by atoms with van der Waals surface area (Å²) in [6.07, 6.45) is 3.81. The highest BCUT2D eigenvalue weighted by atomic mass is 32.2. The van der Waals surface area contributed by atoms with Gasteiger partial charge >= 0.3 is 0 Å². The Morgan fingerprint density at radius 1 is 0.967 bits per heavy atom. The predicted molar refractivity (Wildman–Crippen MR) is 117 cm³/mol. The maximum Gasteiger partial charge on any atom is 0.191 e. The Morgan fingerprint density at radius 3 is 2.50 bits per heavy atom. The van der Waals surface area contributed by atoms with Gasteiger partial charge in [-0.1, -0.05) is 54.6 Å². The standard InChI is InChI=1S/C23H27FN4OS/c1-29-21-11-10-19(14-20(21)24)17-30-23-26-25-22(16-27-12-6-3-7-13-27)28(23)15-18-8-4-2-5-9-18/h2,4-5,8-11,14H,3,6-7,12-13,15-17H2,1H3. The number of aromatic nitrogens is 3. The quantitative estimate of drug-likeness (QED) is 0.486. The lowest BCUT2D eigenvalue weighted by Crippen LogP contribution is -2.30. The summed E-state index contributed by atoms with van der Waals surface area (Å²) in [4.78, 5) is 2.46. The third-order valence-electron chi connectivity index (χ3n) is 5.37. The van der Waals surface area contributed by atoms with E-state index in [2.05, 4.69) is 43.9 Å². The Bertz CT molecular complexity index is 957. The Labute approximate surface area is 181 Å². The second-order valence-electron chi connectivity index (χ2n) is 7.56.